The van der Waals surface area contributed by atoms with Gasteiger partial charge < -0.3 is 19.1 Å². The van der Waals surface area contributed by atoms with Crippen molar-refractivity contribution in [1.29, 1.82) is 0 Å². The quantitative estimate of drug-likeness (QED) is 0.661. The van der Waals surface area contributed by atoms with Crippen LogP contribution in [0.1, 0.15) is 63.2 Å². The normalized spacial score (nSPS) is 23.4. The fourth-order valence-electron chi connectivity index (χ4n) is 4.17. The topological polar surface area (TPSA) is 88.8 Å². The van der Waals surface area contributed by atoms with Gasteiger partial charge in [0.15, 0.2) is 5.82 Å². The summed E-state index contributed by atoms with van der Waals surface area (Å²) in [6.45, 7) is 5.09. The summed E-state index contributed by atoms with van der Waals surface area (Å²) in [6, 6.07) is -0.119. The lowest BCUT2D eigenvalue weighted by Crippen LogP contribution is -2.43. The third-order valence-electron chi connectivity index (χ3n) is 6.11. The van der Waals surface area contributed by atoms with Crippen LogP contribution in [0.2, 0.25) is 0 Å². The van der Waals surface area contributed by atoms with Gasteiger partial charge in [-0.2, -0.15) is 4.98 Å². The fraction of sp³-hybridized carbons (Fsp3) is 0.800. The van der Waals surface area contributed by atoms with Crippen LogP contribution in [0.3, 0.4) is 0 Å². The van der Waals surface area contributed by atoms with Crippen LogP contribution in [0.15, 0.2) is 4.52 Å². The van der Waals surface area contributed by atoms with Gasteiger partial charge in [0.1, 0.15) is 6.04 Å². The summed E-state index contributed by atoms with van der Waals surface area (Å²) in [6.07, 6.45) is 6.48. The molecular weight excluding hydrogens is 360 g/mol. The number of ether oxygens (including phenoxy) is 1. The Morgan fingerprint density at radius 2 is 1.93 bits per heavy atom. The molecule has 3 fully saturated rings. The maximum atomic E-state index is 13.1. The van der Waals surface area contributed by atoms with Crippen LogP contribution in [0, 0.1) is 11.8 Å². The van der Waals surface area contributed by atoms with Crippen LogP contribution >= 0.6 is 0 Å². The molecule has 2 aliphatic heterocycles. The van der Waals surface area contributed by atoms with Gasteiger partial charge in [-0.25, -0.2) is 0 Å². The molecule has 0 aromatic carbocycles. The van der Waals surface area contributed by atoms with Gasteiger partial charge in [-0.3, -0.25) is 9.59 Å². The summed E-state index contributed by atoms with van der Waals surface area (Å²) in [5.74, 6) is 2.18. The zero-order chi connectivity index (χ0) is 19.5. The van der Waals surface area contributed by atoms with Gasteiger partial charge in [-0.05, 0) is 44.4 Å². The predicted octanol–water partition coefficient (Wildman–Crippen LogP) is 1.96. The first-order valence-electron chi connectivity index (χ1n) is 10.6. The minimum absolute atomic E-state index is 0.0191. The lowest BCUT2D eigenvalue weighted by molar-refractivity contribution is -0.141. The molecule has 2 saturated heterocycles. The summed E-state index contributed by atoms with van der Waals surface area (Å²) in [4.78, 5) is 32.8. The largest absolute Gasteiger partial charge is 0.381 e. The summed E-state index contributed by atoms with van der Waals surface area (Å²) < 4.78 is 11.1. The van der Waals surface area contributed by atoms with Crippen molar-refractivity contribution in [2.24, 2.45) is 11.8 Å². The highest BCUT2D eigenvalue weighted by atomic mass is 16.5. The number of amides is 2. The molecule has 28 heavy (non-hydrogen) atoms. The van der Waals surface area contributed by atoms with Crippen LogP contribution in [0.4, 0.5) is 0 Å². The maximum Gasteiger partial charge on any atom is 0.249 e. The first kappa shape index (κ1) is 19.4. The lowest BCUT2D eigenvalue weighted by atomic mass is 9.95. The van der Waals surface area contributed by atoms with E-state index in [9.17, 15) is 9.59 Å². The summed E-state index contributed by atoms with van der Waals surface area (Å²) in [7, 11) is 0. The average Bonchev–Trinajstić information content (AvgIpc) is 3.20. The van der Waals surface area contributed by atoms with Crippen LogP contribution < -0.4 is 0 Å². The summed E-state index contributed by atoms with van der Waals surface area (Å²) in [5, 5.41) is 4.08. The van der Waals surface area contributed by atoms with E-state index in [1.165, 1.54) is 12.8 Å². The Hall–Kier alpha value is -1.96. The molecule has 1 unspecified atom stereocenters. The van der Waals surface area contributed by atoms with E-state index in [0.717, 1.165) is 44.8 Å². The number of carbonyl (C=O) groups excluding carboxylic acids is 2. The number of nitrogens with zero attached hydrogens (tertiary/aromatic N) is 4. The van der Waals surface area contributed by atoms with Crippen LogP contribution in [-0.4, -0.2) is 64.6 Å². The molecule has 3 heterocycles. The Balaban J connectivity index is 1.30. The SMILES string of the molecule is CC(=O)N1CCC(C(=O)N2CCCC2c2nc(CCOCC3CC3)no2)CC1. The van der Waals surface area contributed by atoms with Crippen molar-refractivity contribution >= 4 is 11.8 Å². The molecule has 0 spiro atoms. The third kappa shape index (κ3) is 4.54. The van der Waals surface area contributed by atoms with E-state index < -0.39 is 0 Å². The second-order valence-corrected chi connectivity index (χ2v) is 8.29. The van der Waals surface area contributed by atoms with E-state index in [4.69, 9.17) is 9.26 Å². The Morgan fingerprint density at radius 1 is 1.14 bits per heavy atom. The van der Waals surface area contributed by atoms with Crippen molar-refractivity contribution < 1.29 is 18.8 Å². The fourth-order valence-corrected chi connectivity index (χ4v) is 4.17. The number of piperidine rings is 1. The number of aromatic nitrogens is 2. The van der Waals surface area contributed by atoms with Crippen molar-refractivity contribution in [3.05, 3.63) is 11.7 Å². The van der Waals surface area contributed by atoms with Crippen molar-refractivity contribution in [2.45, 2.75) is 57.9 Å². The molecule has 1 aromatic heterocycles. The summed E-state index contributed by atoms with van der Waals surface area (Å²) >= 11 is 0. The monoisotopic (exact) mass is 390 g/mol. The molecule has 1 atom stereocenters. The molecule has 1 aromatic rings. The van der Waals surface area contributed by atoms with E-state index >= 15 is 0 Å². The Kier molecular flexibility index (Phi) is 5.94. The molecule has 0 N–H and O–H groups in total. The van der Waals surface area contributed by atoms with Gasteiger partial charge in [0.2, 0.25) is 17.7 Å². The Labute approximate surface area is 165 Å². The van der Waals surface area contributed by atoms with Crippen LogP contribution in [-0.2, 0) is 20.7 Å². The number of rotatable bonds is 7. The summed E-state index contributed by atoms with van der Waals surface area (Å²) in [5.41, 5.74) is 0. The predicted molar refractivity (Wildman–Crippen MR) is 100 cm³/mol. The minimum atomic E-state index is -0.119. The van der Waals surface area contributed by atoms with Gasteiger partial charge >= 0.3 is 0 Å². The van der Waals surface area contributed by atoms with Crippen molar-refractivity contribution in [1.82, 2.24) is 19.9 Å². The number of hydrogen-bond donors (Lipinski definition) is 0. The van der Waals surface area contributed by atoms with Crippen molar-refractivity contribution in [3.63, 3.8) is 0 Å². The number of carbonyl (C=O) groups is 2. The molecule has 1 saturated carbocycles. The zero-order valence-electron chi connectivity index (χ0n) is 16.6. The highest BCUT2D eigenvalue weighted by molar-refractivity contribution is 5.80. The highest BCUT2D eigenvalue weighted by Gasteiger charge is 2.38. The van der Waals surface area contributed by atoms with E-state index in [2.05, 4.69) is 10.1 Å². The Morgan fingerprint density at radius 3 is 2.64 bits per heavy atom. The lowest BCUT2D eigenvalue weighted by Gasteiger charge is -2.33. The average molecular weight is 390 g/mol. The molecular formula is C20H30N4O4. The molecule has 154 valence electrons. The molecule has 8 nitrogen and oxygen atoms in total. The number of likely N-dealkylation sites (tertiary alicyclic amines) is 2. The van der Waals surface area contributed by atoms with Crippen molar-refractivity contribution in [2.75, 3.05) is 32.8 Å². The Bertz CT molecular complexity index is 694. The van der Waals surface area contributed by atoms with Gasteiger partial charge in [0, 0.05) is 45.5 Å². The molecule has 0 bridgehead atoms. The van der Waals surface area contributed by atoms with E-state index in [1.807, 2.05) is 9.80 Å². The maximum absolute atomic E-state index is 13.1. The molecule has 0 radical (unpaired) electrons. The van der Waals surface area contributed by atoms with E-state index in [1.54, 1.807) is 6.92 Å². The molecule has 3 aliphatic rings. The van der Waals surface area contributed by atoms with Gasteiger partial charge in [-0.15, -0.1) is 0 Å². The molecule has 4 rings (SSSR count). The van der Waals surface area contributed by atoms with Crippen LogP contribution in [0.5, 0.6) is 0 Å². The van der Waals surface area contributed by atoms with Gasteiger partial charge in [0.05, 0.1) is 6.61 Å². The third-order valence-corrected chi connectivity index (χ3v) is 6.11. The zero-order valence-corrected chi connectivity index (χ0v) is 16.6. The van der Waals surface area contributed by atoms with Gasteiger partial charge in [0.25, 0.3) is 0 Å². The highest BCUT2D eigenvalue weighted by Crippen LogP contribution is 2.34. The van der Waals surface area contributed by atoms with Crippen LogP contribution in [0.25, 0.3) is 0 Å². The van der Waals surface area contributed by atoms with E-state index in [-0.39, 0.29) is 23.8 Å². The van der Waals surface area contributed by atoms with Crippen molar-refractivity contribution in [3.8, 4) is 0 Å². The molecule has 8 heteroatoms. The first-order chi connectivity index (χ1) is 13.6. The molecule has 2 amide bonds. The van der Waals surface area contributed by atoms with E-state index in [0.29, 0.717) is 37.8 Å². The van der Waals surface area contributed by atoms with Gasteiger partial charge in [-0.1, -0.05) is 5.16 Å². The minimum Gasteiger partial charge on any atom is -0.381 e. The molecule has 1 aliphatic carbocycles. The standard InChI is InChI=1S/C20H30N4O4/c1-14(25)23-10-6-16(7-11-23)20(26)24-9-2-3-17(24)19-21-18(22-28-19)8-12-27-13-15-4-5-15/h15-17H,2-13H2,1H3. The second-order valence-electron chi connectivity index (χ2n) is 8.29. The smallest absolute Gasteiger partial charge is 0.249 e. The number of hydrogen-bond acceptors (Lipinski definition) is 6. The second kappa shape index (κ2) is 8.59. The first-order valence-corrected chi connectivity index (χ1v) is 10.6.